The van der Waals surface area contributed by atoms with Crippen molar-refractivity contribution in [1.29, 1.82) is 0 Å². The predicted molar refractivity (Wildman–Crippen MR) is 109 cm³/mol. The van der Waals surface area contributed by atoms with Crippen molar-refractivity contribution in [3.8, 4) is 5.75 Å². The van der Waals surface area contributed by atoms with Crippen LogP contribution in [0.15, 0.2) is 59.6 Å². The number of nitrogens with zero attached hydrogens (tertiary/aromatic N) is 3. The molecule has 0 radical (unpaired) electrons. The summed E-state index contributed by atoms with van der Waals surface area (Å²) in [6.07, 6.45) is 1.67. The molecule has 28 heavy (non-hydrogen) atoms. The molecule has 2 aromatic carbocycles. The zero-order valence-corrected chi connectivity index (χ0v) is 16.6. The molecule has 0 saturated carbocycles. The van der Waals surface area contributed by atoms with Crippen molar-refractivity contribution in [3.63, 3.8) is 0 Å². The van der Waals surface area contributed by atoms with Crippen molar-refractivity contribution in [1.82, 2.24) is 14.2 Å². The number of pyridine rings is 1. The number of hydrogen-bond acceptors (Lipinski definition) is 5. The van der Waals surface area contributed by atoms with Crippen molar-refractivity contribution in [2.75, 3.05) is 26.2 Å². The van der Waals surface area contributed by atoms with Crippen LogP contribution in [-0.4, -0.2) is 53.9 Å². The van der Waals surface area contributed by atoms with Crippen molar-refractivity contribution < 1.29 is 13.5 Å². The summed E-state index contributed by atoms with van der Waals surface area (Å²) >= 11 is 0. The Labute approximate surface area is 165 Å². The number of piperazine rings is 1. The van der Waals surface area contributed by atoms with Crippen LogP contribution in [0.3, 0.4) is 0 Å². The molecule has 3 aromatic rings. The molecule has 6 nitrogen and oxygen atoms in total. The van der Waals surface area contributed by atoms with Crippen LogP contribution in [0, 0.1) is 6.92 Å². The van der Waals surface area contributed by atoms with E-state index in [0.717, 1.165) is 16.5 Å². The molecule has 1 aliphatic heterocycles. The van der Waals surface area contributed by atoms with Crippen LogP contribution in [0.4, 0.5) is 0 Å². The van der Waals surface area contributed by atoms with Gasteiger partial charge < -0.3 is 5.11 Å². The molecule has 0 spiro atoms. The van der Waals surface area contributed by atoms with E-state index < -0.39 is 10.0 Å². The average molecular weight is 398 g/mol. The highest BCUT2D eigenvalue weighted by atomic mass is 32.2. The number of aromatic nitrogens is 1. The molecule has 0 unspecified atom stereocenters. The summed E-state index contributed by atoms with van der Waals surface area (Å²) in [7, 11) is -3.46. The monoisotopic (exact) mass is 397 g/mol. The van der Waals surface area contributed by atoms with Crippen molar-refractivity contribution in [3.05, 3.63) is 65.9 Å². The molecule has 1 aliphatic rings. The molecule has 0 bridgehead atoms. The normalized spacial score (nSPS) is 16.5. The Morgan fingerprint density at radius 1 is 1.00 bits per heavy atom. The molecule has 0 amide bonds. The van der Waals surface area contributed by atoms with Crippen LogP contribution in [-0.2, 0) is 16.6 Å². The molecule has 2 heterocycles. The smallest absolute Gasteiger partial charge is 0.243 e. The predicted octanol–water partition coefficient (Wildman–Crippen LogP) is 2.76. The van der Waals surface area contributed by atoms with Gasteiger partial charge in [0.15, 0.2) is 0 Å². The van der Waals surface area contributed by atoms with Crippen LogP contribution in [0.5, 0.6) is 5.75 Å². The van der Waals surface area contributed by atoms with Gasteiger partial charge in [0, 0.05) is 49.9 Å². The van der Waals surface area contributed by atoms with Crippen LogP contribution in [0.1, 0.15) is 11.1 Å². The molecule has 7 heteroatoms. The zero-order valence-electron chi connectivity index (χ0n) is 15.7. The van der Waals surface area contributed by atoms with Gasteiger partial charge >= 0.3 is 0 Å². The first-order valence-corrected chi connectivity index (χ1v) is 10.7. The average Bonchev–Trinajstić information content (AvgIpc) is 2.71. The molecule has 0 atom stereocenters. The Morgan fingerprint density at radius 2 is 1.71 bits per heavy atom. The zero-order chi connectivity index (χ0) is 19.7. The Balaban J connectivity index is 1.45. The molecular formula is C21H23N3O3S. The molecule has 146 valence electrons. The maximum Gasteiger partial charge on any atom is 0.243 e. The summed E-state index contributed by atoms with van der Waals surface area (Å²) < 4.78 is 27.2. The second-order valence-electron chi connectivity index (χ2n) is 7.14. The van der Waals surface area contributed by atoms with Gasteiger partial charge in [-0.25, -0.2) is 8.42 Å². The fourth-order valence-corrected chi connectivity index (χ4v) is 4.95. The Morgan fingerprint density at radius 3 is 2.43 bits per heavy atom. The Hall–Kier alpha value is -2.48. The van der Waals surface area contributed by atoms with E-state index in [9.17, 15) is 13.5 Å². The third kappa shape index (κ3) is 3.61. The lowest BCUT2D eigenvalue weighted by molar-refractivity contribution is 0.180. The topological polar surface area (TPSA) is 73.7 Å². The third-order valence-electron chi connectivity index (χ3n) is 5.22. The van der Waals surface area contributed by atoms with Gasteiger partial charge in [-0.05, 0) is 25.1 Å². The van der Waals surface area contributed by atoms with Gasteiger partial charge in [0.1, 0.15) is 11.3 Å². The van der Waals surface area contributed by atoms with Crippen molar-refractivity contribution >= 4 is 20.9 Å². The number of fused-ring (bicyclic) bond motifs is 1. The highest BCUT2D eigenvalue weighted by molar-refractivity contribution is 7.89. The lowest BCUT2D eigenvalue weighted by Crippen LogP contribution is -2.48. The van der Waals surface area contributed by atoms with E-state index in [1.54, 1.807) is 18.3 Å². The fraction of sp³-hybridized carbons (Fsp3) is 0.286. The van der Waals surface area contributed by atoms with Crippen LogP contribution in [0.25, 0.3) is 10.9 Å². The lowest BCUT2D eigenvalue weighted by atomic mass is 10.1. The lowest BCUT2D eigenvalue weighted by Gasteiger charge is -2.34. The number of phenolic OH excluding ortho intramolecular Hbond substituents is 1. The van der Waals surface area contributed by atoms with Gasteiger partial charge in [-0.1, -0.05) is 35.9 Å². The summed E-state index contributed by atoms with van der Waals surface area (Å²) in [5.41, 5.74) is 2.44. The Kier molecular flexibility index (Phi) is 5.05. The summed E-state index contributed by atoms with van der Waals surface area (Å²) in [5, 5.41) is 11.4. The molecule has 1 N–H and O–H groups in total. The summed E-state index contributed by atoms with van der Waals surface area (Å²) in [4.78, 5) is 6.76. The second-order valence-corrected chi connectivity index (χ2v) is 9.08. The Bertz CT molecular complexity index is 1090. The number of phenols is 1. The summed E-state index contributed by atoms with van der Waals surface area (Å²) in [6, 6.07) is 14.6. The SMILES string of the molecule is Cc1ccc(S(=O)(=O)N2CCN(Cc3ccc4cccnc4c3O)CC2)cc1. The minimum atomic E-state index is -3.46. The maximum atomic E-state index is 12.8. The van der Waals surface area contributed by atoms with E-state index in [1.807, 2.05) is 43.3 Å². The molecule has 1 saturated heterocycles. The number of rotatable bonds is 4. The molecular weight excluding hydrogens is 374 g/mol. The highest BCUT2D eigenvalue weighted by Gasteiger charge is 2.28. The number of aromatic hydroxyl groups is 1. The number of hydrogen-bond donors (Lipinski definition) is 1. The molecule has 1 fully saturated rings. The van der Waals surface area contributed by atoms with Crippen LogP contribution < -0.4 is 0 Å². The largest absolute Gasteiger partial charge is 0.505 e. The standard InChI is InChI=1S/C21H23N3O3S/c1-16-4-8-19(9-5-16)28(26,27)24-13-11-23(12-14-24)15-18-7-6-17-3-2-10-22-20(17)21(18)25/h2-10,25H,11-15H2,1H3. The second kappa shape index (κ2) is 7.50. The minimum absolute atomic E-state index is 0.202. The minimum Gasteiger partial charge on any atom is -0.505 e. The van der Waals surface area contributed by atoms with E-state index in [0.29, 0.717) is 43.1 Å². The van der Waals surface area contributed by atoms with Gasteiger partial charge in [-0.2, -0.15) is 4.31 Å². The quantitative estimate of drug-likeness (QED) is 0.733. The summed E-state index contributed by atoms with van der Waals surface area (Å²) in [5.74, 6) is 0.202. The van der Waals surface area contributed by atoms with Gasteiger partial charge in [0.2, 0.25) is 10.0 Å². The van der Waals surface area contributed by atoms with E-state index in [4.69, 9.17) is 0 Å². The highest BCUT2D eigenvalue weighted by Crippen LogP contribution is 2.28. The van der Waals surface area contributed by atoms with Crippen molar-refractivity contribution in [2.45, 2.75) is 18.4 Å². The third-order valence-corrected chi connectivity index (χ3v) is 7.13. The van der Waals surface area contributed by atoms with Gasteiger partial charge in [0.25, 0.3) is 0 Å². The van der Waals surface area contributed by atoms with Crippen LogP contribution >= 0.6 is 0 Å². The first-order chi connectivity index (χ1) is 13.4. The first-order valence-electron chi connectivity index (χ1n) is 9.30. The van der Waals surface area contributed by atoms with Crippen molar-refractivity contribution in [2.24, 2.45) is 0 Å². The van der Waals surface area contributed by atoms with Gasteiger partial charge in [-0.3, -0.25) is 9.88 Å². The van der Waals surface area contributed by atoms with Gasteiger partial charge in [0.05, 0.1) is 4.90 Å². The van der Waals surface area contributed by atoms with E-state index in [1.165, 1.54) is 4.31 Å². The first kappa shape index (κ1) is 18.9. The molecule has 4 rings (SSSR count). The number of benzene rings is 2. The summed E-state index contributed by atoms with van der Waals surface area (Å²) in [6.45, 7) is 4.60. The molecule has 0 aliphatic carbocycles. The fourth-order valence-electron chi connectivity index (χ4n) is 3.53. The number of sulfonamides is 1. The van der Waals surface area contributed by atoms with Gasteiger partial charge in [-0.15, -0.1) is 0 Å². The van der Waals surface area contributed by atoms with E-state index in [-0.39, 0.29) is 5.75 Å². The molecule has 1 aromatic heterocycles. The maximum absolute atomic E-state index is 12.8. The van der Waals surface area contributed by atoms with E-state index >= 15 is 0 Å². The van der Waals surface area contributed by atoms with E-state index in [2.05, 4.69) is 9.88 Å². The number of aryl methyl sites for hydroxylation is 1. The van der Waals surface area contributed by atoms with Crippen LogP contribution in [0.2, 0.25) is 0 Å².